The van der Waals surface area contributed by atoms with Crippen LogP contribution in [0.3, 0.4) is 0 Å². The molecule has 21 heavy (non-hydrogen) atoms. The van der Waals surface area contributed by atoms with Gasteiger partial charge in [-0.3, -0.25) is 4.98 Å². The molecule has 112 valence electrons. The van der Waals surface area contributed by atoms with Crippen LogP contribution in [0, 0.1) is 18.8 Å². The van der Waals surface area contributed by atoms with Gasteiger partial charge in [-0.1, -0.05) is 38.3 Å². The summed E-state index contributed by atoms with van der Waals surface area (Å²) in [7, 11) is 0. The SMILES string of the molecule is CCC1CCC(C(N)c2ccc3nc(C)ccc3c2)CC1. The molecule has 0 spiro atoms. The fourth-order valence-electron chi connectivity index (χ4n) is 3.68. The highest BCUT2D eigenvalue weighted by Crippen LogP contribution is 2.37. The third kappa shape index (κ3) is 3.11. The van der Waals surface area contributed by atoms with Gasteiger partial charge in [0, 0.05) is 17.1 Å². The van der Waals surface area contributed by atoms with E-state index in [1.54, 1.807) is 0 Å². The van der Waals surface area contributed by atoms with Gasteiger partial charge in [0.15, 0.2) is 0 Å². The van der Waals surface area contributed by atoms with E-state index < -0.39 is 0 Å². The molecule has 3 rings (SSSR count). The molecular formula is C19H26N2. The first kappa shape index (κ1) is 14.5. The maximum absolute atomic E-state index is 6.56. The molecule has 0 bridgehead atoms. The quantitative estimate of drug-likeness (QED) is 0.881. The van der Waals surface area contributed by atoms with Crippen LogP contribution >= 0.6 is 0 Å². The largest absolute Gasteiger partial charge is 0.324 e. The Labute approximate surface area is 127 Å². The highest BCUT2D eigenvalue weighted by molar-refractivity contribution is 5.79. The lowest BCUT2D eigenvalue weighted by Gasteiger charge is -2.32. The van der Waals surface area contributed by atoms with Gasteiger partial charge in [0.25, 0.3) is 0 Å². The maximum atomic E-state index is 6.56. The van der Waals surface area contributed by atoms with E-state index in [0.717, 1.165) is 17.1 Å². The number of hydrogen-bond donors (Lipinski definition) is 1. The Kier molecular flexibility index (Phi) is 4.25. The van der Waals surface area contributed by atoms with Gasteiger partial charge < -0.3 is 5.73 Å². The van der Waals surface area contributed by atoms with Crippen molar-refractivity contribution in [2.24, 2.45) is 17.6 Å². The molecule has 0 radical (unpaired) electrons. The minimum atomic E-state index is 0.175. The summed E-state index contributed by atoms with van der Waals surface area (Å²) in [5.41, 5.74) is 9.97. The Hall–Kier alpha value is -1.41. The maximum Gasteiger partial charge on any atom is 0.0705 e. The monoisotopic (exact) mass is 282 g/mol. The zero-order valence-corrected chi connectivity index (χ0v) is 13.2. The van der Waals surface area contributed by atoms with Crippen molar-refractivity contribution >= 4 is 10.9 Å². The Morgan fingerprint density at radius 2 is 1.90 bits per heavy atom. The molecule has 1 fully saturated rings. The summed E-state index contributed by atoms with van der Waals surface area (Å²) < 4.78 is 0. The lowest BCUT2D eigenvalue weighted by atomic mass is 9.76. The topological polar surface area (TPSA) is 38.9 Å². The van der Waals surface area contributed by atoms with Crippen LogP contribution in [0.5, 0.6) is 0 Å². The molecule has 0 aliphatic heterocycles. The normalized spacial score (nSPS) is 24.1. The van der Waals surface area contributed by atoms with Gasteiger partial charge in [0.1, 0.15) is 0 Å². The minimum absolute atomic E-state index is 0.175. The molecule has 1 aromatic carbocycles. The summed E-state index contributed by atoms with van der Waals surface area (Å²) in [6, 6.07) is 10.9. The van der Waals surface area contributed by atoms with E-state index in [2.05, 4.69) is 42.2 Å². The van der Waals surface area contributed by atoms with Crippen molar-refractivity contribution in [2.75, 3.05) is 0 Å². The summed E-state index contributed by atoms with van der Waals surface area (Å²) in [6.45, 7) is 4.34. The molecule has 0 saturated heterocycles. The standard InChI is InChI=1S/C19H26N2/c1-3-14-5-8-15(9-6-14)19(20)17-10-11-18-16(12-17)7-4-13(2)21-18/h4,7,10-12,14-15,19H,3,5-6,8-9,20H2,1-2H3. The fourth-order valence-corrected chi connectivity index (χ4v) is 3.68. The Morgan fingerprint density at radius 1 is 1.14 bits per heavy atom. The number of rotatable bonds is 3. The smallest absolute Gasteiger partial charge is 0.0705 e. The zero-order valence-electron chi connectivity index (χ0n) is 13.2. The van der Waals surface area contributed by atoms with E-state index in [9.17, 15) is 0 Å². The van der Waals surface area contributed by atoms with E-state index in [0.29, 0.717) is 5.92 Å². The van der Waals surface area contributed by atoms with Crippen LogP contribution in [0.4, 0.5) is 0 Å². The summed E-state index contributed by atoms with van der Waals surface area (Å²) in [6.07, 6.45) is 6.59. The summed E-state index contributed by atoms with van der Waals surface area (Å²) in [5.74, 6) is 1.57. The first-order chi connectivity index (χ1) is 10.2. The second-order valence-electron chi connectivity index (χ2n) is 6.62. The Bertz CT molecular complexity index is 612. The molecule has 1 aliphatic carbocycles. The molecule has 0 amide bonds. The van der Waals surface area contributed by atoms with Gasteiger partial charge in [-0.25, -0.2) is 0 Å². The number of aryl methyl sites for hydroxylation is 1. The molecule has 1 aromatic heterocycles. The molecule has 1 saturated carbocycles. The van der Waals surface area contributed by atoms with E-state index in [-0.39, 0.29) is 6.04 Å². The number of nitrogens with two attached hydrogens (primary N) is 1. The third-order valence-corrected chi connectivity index (χ3v) is 5.21. The van der Waals surface area contributed by atoms with Crippen LogP contribution in [0.25, 0.3) is 10.9 Å². The minimum Gasteiger partial charge on any atom is -0.324 e. The number of benzene rings is 1. The molecule has 2 heteroatoms. The van der Waals surface area contributed by atoms with Crippen molar-refractivity contribution in [3.8, 4) is 0 Å². The van der Waals surface area contributed by atoms with Gasteiger partial charge in [0.2, 0.25) is 0 Å². The molecule has 2 aromatic rings. The van der Waals surface area contributed by atoms with Gasteiger partial charge in [-0.05, 0) is 55.4 Å². The average molecular weight is 282 g/mol. The van der Waals surface area contributed by atoms with Gasteiger partial charge in [0.05, 0.1) is 5.52 Å². The molecule has 1 atom stereocenters. The van der Waals surface area contributed by atoms with Crippen molar-refractivity contribution in [1.29, 1.82) is 0 Å². The summed E-state index contributed by atoms with van der Waals surface area (Å²) >= 11 is 0. The molecule has 1 heterocycles. The lowest BCUT2D eigenvalue weighted by molar-refractivity contribution is 0.240. The van der Waals surface area contributed by atoms with Gasteiger partial charge in [-0.15, -0.1) is 0 Å². The predicted octanol–water partition coefficient (Wildman–Crippen LogP) is 4.76. The fraction of sp³-hybridized carbons (Fsp3) is 0.526. The molecule has 2 N–H and O–H groups in total. The van der Waals surface area contributed by atoms with Crippen molar-refractivity contribution in [1.82, 2.24) is 4.98 Å². The van der Waals surface area contributed by atoms with Crippen LogP contribution in [0.2, 0.25) is 0 Å². The van der Waals surface area contributed by atoms with E-state index in [1.165, 1.54) is 43.1 Å². The predicted molar refractivity (Wildman–Crippen MR) is 89.1 cm³/mol. The van der Waals surface area contributed by atoms with Crippen molar-refractivity contribution in [3.05, 3.63) is 41.6 Å². The lowest BCUT2D eigenvalue weighted by Crippen LogP contribution is -2.25. The zero-order chi connectivity index (χ0) is 14.8. The molecule has 2 nitrogen and oxygen atoms in total. The van der Waals surface area contributed by atoms with Crippen molar-refractivity contribution in [2.45, 2.75) is 52.0 Å². The van der Waals surface area contributed by atoms with Crippen LogP contribution in [-0.4, -0.2) is 4.98 Å². The number of nitrogens with zero attached hydrogens (tertiary/aromatic N) is 1. The third-order valence-electron chi connectivity index (χ3n) is 5.21. The highest BCUT2D eigenvalue weighted by atomic mass is 14.7. The molecular weight excluding hydrogens is 256 g/mol. The summed E-state index contributed by atoms with van der Waals surface area (Å²) in [5, 5.41) is 1.20. The van der Waals surface area contributed by atoms with E-state index in [1.807, 2.05) is 6.92 Å². The van der Waals surface area contributed by atoms with Crippen LogP contribution < -0.4 is 5.73 Å². The first-order valence-electron chi connectivity index (χ1n) is 8.30. The van der Waals surface area contributed by atoms with Crippen molar-refractivity contribution in [3.63, 3.8) is 0 Å². The van der Waals surface area contributed by atoms with Gasteiger partial charge in [-0.2, -0.15) is 0 Å². The first-order valence-corrected chi connectivity index (χ1v) is 8.30. The number of fused-ring (bicyclic) bond motifs is 1. The van der Waals surface area contributed by atoms with Crippen LogP contribution in [-0.2, 0) is 0 Å². The van der Waals surface area contributed by atoms with Crippen molar-refractivity contribution < 1.29 is 0 Å². The average Bonchev–Trinajstić information content (AvgIpc) is 2.53. The number of pyridine rings is 1. The second-order valence-corrected chi connectivity index (χ2v) is 6.62. The molecule has 1 unspecified atom stereocenters. The van der Waals surface area contributed by atoms with Gasteiger partial charge >= 0.3 is 0 Å². The van der Waals surface area contributed by atoms with Crippen LogP contribution in [0.1, 0.15) is 56.3 Å². The second kappa shape index (κ2) is 6.15. The molecule has 1 aliphatic rings. The Balaban J connectivity index is 1.78. The van der Waals surface area contributed by atoms with Crippen LogP contribution in [0.15, 0.2) is 30.3 Å². The highest BCUT2D eigenvalue weighted by Gasteiger charge is 2.25. The number of hydrogen-bond acceptors (Lipinski definition) is 2. The van der Waals surface area contributed by atoms with E-state index >= 15 is 0 Å². The number of aromatic nitrogens is 1. The van der Waals surface area contributed by atoms with E-state index in [4.69, 9.17) is 5.73 Å². The summed E-state index contributed by atoms with van der Waals surface area (Å²) in [4.78, 5) is 4.57. The Morgan fingerprint density at radius 3 is 2.62 bits per heavy atom.